The lowest BCUT2D eigenvalue weighted by molar-refractivity contribution is -0.140. The summed E-state index contributed by atoms with van der Waals surface area (Å²) in [7, 11) is 0. The third-order valence-electron chi connectivity index (χ3n) is 2.08. The number of carbonyl (C=O) groups is 2. The van der Waals surface area contributed by atoms with E-state index in [1.165, 1.54) is 30.1 Å². The van der Waals surface area contributed by atoms with Gasteiger partial charge in [-0.05, 0) is 18.6 Å². The first kappa shape index (κ1) is 14.5. The van der Waals surface area contributed by atoms with Gasteiger partial charge in [0, 0.05) is 6.20 Å². The highest BCUT2D eigenvalue weighted by atomic mass is 32.2. The third kappa shape index (κ3) is 5.18. The Labute approximate surface area is 110 Å². The van der Waals surface area contributed by atoms with Gasteiger partial charge in [0.25, 0.3) is 0 Å². The minimum absolute atomic E-state index is 0.139. The Hall–Kier alpha value is -1.56. The molecule has 0 bridgehead atoms. The average Bonchev–Trinajstić information content (AvgIpc) is 2.37. The molecule has 0 saturated carbocycles. The lowest BCUT2D eigenvalue weighted by Gasteiger charge is -2.03. The zero-order chi connectivity index (χ0) is 13.4. The van der Waals surface area contributed by atoms with Crippen LogP contribution in [-0.4, -0.2) is 34.4 Å². The van der Waals surface area contributed by atoms with Gasteiger partial charge in [0.1, 0.15) is 0 Å². The molecule has 5 nitrogen and oxygen atoms in total. The number of pyridine rings is 1. The number of aromatic carboxylic acids is 1. The van der Waals surface area contributed by atoms with E-state index in [1.54, 1.807) is 0 Å². The summed E-state index contributed by atoms with van der Waals surface area (Å²) in [4.78, 5) is 26.0. The summed E-state index contributed by atoms with van der Waals surface area (Å²) < 4.78 is 4.98. The van der Waals surface area contributed by atoms with Crippen molar-refractivity contribution in [3.05, 3.63) is 23.9 Å². The lowest BCUT2D eigenvalue weighted by Crippen LogP contribution is -2.08. The quantitative estimate of drug-likeness (QED) is 0.464. The molecule has 1 N–H and O–H groups in total. The summed E-state index contributed by atoms with van der Waals surface area (Å²) >= 11 is 1.17. The summed E-state index contributed by atoms with van der Waals surface area (Å²) in [5, 5.41) is 9.30. The number of hydrogen-bond donors (Lipinski definition) is 1. The van der Waals surface area contributed by atoms with Crippen molar-refractivity contribution < 1.29 is 19.4 Å². The molecule has 0 aliphatic carbocycles. The number of nitrogens with zero attached hydrogens (tertiary/aromatic N) is 1. The van der Waals surface area contributed by atoms with Crippen LogP contribution in [0.2, 0.25) is 0 Å². The fourth-order valence-corrected chi connectivity index (χ4v) is 1.82. The van der Waals surface area contributed by atoms with Crippen LogP contribution in [0.1, 0.15) is 30.1 Å². The van der Waals surface area contributed by atoms with Crippen LogP contribution < -0.4 is 0 Å². The second-order valence-corrected chi connectivity index (χ2v) is 4.55. The summed E-state index contributed by atoms with van der Waals surface area (Å²) in [6, 6.07) is 2.85. The Morgan fingerprint density at radius 3 is 2.94 bits per heavy atom. The smallest absolute Gasteiger partial charge is 0.335 e. The van der Waals surface area contributed by atoms with Crippen LogP contribution in [0.15, 0.2) is 23.4 Å². The van der Waals surface area contributed by atoms with Gasteiger partial charge in [0.2, 0.25) is 0 Å². The van der Waals surface area contributed by atoms with Gasteiger partial charge in [0.05, 0.1) is 22.9 Å². The molecule has 1 aromatic rings. The van der Waals surface area contributed by atoms with E-state index in [9.17, 15) is 9.59 Å². The van der Waals surface area contributed by atoms with Crippen molar-refractivity contribution in [2.75, 3.05) is 12.4 Å². The third-order valence-corrected chi connectivity index (χ3v) is 2.98. The van der Waals surface area contributed by atoms with Crippen molar-refractivity contribution in [2.24, 2.45) is 0 Å². The predicted octanol–water partition coefficient (Wildman–Crippen LogP) is 2.22. The van der Waals surface area contributed by atoms with Crippen LogP contribution in [-0.2, 0) is 9.53 Å². The Morgan fingerprint density at radius 1 is 1.50 bits per heavy atom. The van der Waals surface area contributed by atoms with Crippen molar-refractivity contribution in [2.45, 2.75) is 24.8 Å². The molecule has 0 saturated heterocycles. The van der Waals surface area contributed by atoms with E-state index in [0.717, 1.165) is 12.8 Å². The predicted molar refractivity (Wildman–Crippen MR) is 67.8 cm³/mol. The summed E-state index contributed by atoms with van der Waals surface area (Å²) in [5.41, 5.74) is 0.159. The maximum absolute atomic E-state index is 11.3. The van der Waals surface area contributed by atoms with E-state index in [-0.39, 0.29) is 17.3 Å². The first-order valence-corrected chi connectivity index (χ1v) is 6.59. The minimum atomic E-state index is -1.01. The van der Waals surface area contributed by atoms with Gasteiger partial charge in [-0.1, -0.05) is 25.1 Å². The fourth-order valence-electron chi connectivity index (χ4n) is 1.13. The standard InChI is InChI=1S/C12H15NO4S/c1-2-3-6-17-11(14)8-18-10-7-9(12(15)16)4-5-13-10/h4-5,7H,2-3,6,8H2,1H3,(H,15,16). The van der Waals surface area contributed by atoms with Crippen LogP contribution in [0, 0.1) is 0 Å². The Kier molecular flexibility index (Phi) is 6.21. The topological polar surface area (TPSA) is 76.5 Å². The molecular formula is C12H15NO4S. The first-order valence-electron chi connectivity index (χ1n) is 5.61. The lowest BCUT2D eigenvalue weighted by atomic mass is 10.3. The number of unbranched alkanes of at least 4 members (excludes halogenated alkanes) is 1. The van der Waals surface area contributed by atoms with Crippen LogP contribution in [0.5, 0.6) is 0 Å². The van der Waals surface area contributed by atoms with Crippen molar-refractivity contribution in [3.8, 4) is 0 Å². The van der Waals surface area contributed by atoms with Crippen molar-refractivity contribution >= 4 is 23.7 Å². The highest BCUT2D eigenvalue weighted by Gasteiger charge is 2.07. The molecule has 1 rings (SSSR count). The van der Waals surface area contributed by atoms with Crippen LogP contribution in [0.25, 0.3) is 0 Å². The molecule has 18 heavy (non-hydrogen) atoms. The number of ether oxygens (including phenoxy) is 1. The summed E-state index contributed by atoms with van der Waals surface area (Å²) in [6.07, 6.45) is 3.24. The number of carbonyl (C=O) groups excluding carboxylic acids is 1. The fraction of sp³-hybridized carbons (Fsp3) is 0.417. The van der Waals surface area contributed by atoms with Gasteiger partial charge in [-0.3, -0.25) is 4.79 Å². The maximum Gasteiger partial charge on any atom is 0.335 e. The zero-order valence-electron chi connectivity index (χ0n) is 10.1. The molecule has 0 spiro atoms. The van der Waals surface area contributed by atoms with Crippen molar-refractivity contribution in [3.63, 3.8) is 0 Å². The molecule has 98 valence electrons. The van der Waals surface area contributed by atoms with E-state index in [0.29, 0.717) is 11.6 Å². The number of aromatic nitrogens is 1. The second kappa shape index (κ2) is 7.71. The summed E-state index contributed by atoms with van der Waals surface area (Å²) in [6.45, 7) is 2.45. The molecule has 0 aromatic carbocycles. The Morgan fingerprint density at radius 2 is 2.28 bits per heavy atom. The normalized spacial score (nSPS) is 10.1. The van der Waals surface area contributed by atoms with Gasteiger partial charge in [-0.25, -0.2) is 9.78 Å². The SMILES string of the molecule is CCCCOC(=O)CSc1cc(C(=O)O)ccn1. The van der Waals surface area contributed by atoms with Crippen molar-refractivity contribution in [1.82, 2.24) is 4.98 Å². The monoisotopic (exact) mass is 269 g/mol. The molecule has 0 fully saturated rings. The number of carboxylic acid groups (broad SMARTS) is 1. The number of esters is 1. The number of thioether (sulfide) groups is 1. The molecule has 1 aromatic heterocycles. The number of hydrogen-bond acceptors (Lipinski definition) is 5. The molecular weight excluding hydrogens is 254 g/mol. The average molecular weight is 269 g/mol. The number of rotatable bonds is 7. The molecule has 0 atom stereocenters. The highest BCUT2D eigenvalue weighted by molar-refractivity contribution is 7.99. The molecule has 6 heteroatoms. The van der Waals surface area contributed by atoms with E-state index >= 15 is 0 Å². The van der Waals surface area contributed by atoms with Crippen LogP contribution in [0.3, 0.4) is 0 Å². The molecule has 0 aliphatic heterocycles. The number of carboxylic acids is 1. The van der Waals surface area contributed by atoms with Gasteiger partial charge >= 0.3 is 11.9 Å². The Bertz CT molecular complexity index is 422. The van der Waals surface area contributed by atoms with Gasteiger partial charge < -0.3 is 9.84 Å². The molecule has 0 amide bonds. The van der Waals surface area contributed by atoms with E-state index < -0.39 is 5.97 Å². The highest BCUT2D eigenvalue weighted by Crippen LogP contribution is 2.16. The van der Waals surface area contributed by atoms with E-state index in [4.69, 9.17) is 9.84 Å². The first-order chi connectivity index (χ1) is 8.63. The molecule has 0 aliphatic rings. The van der Waals surface area contributed by atoms with E-state index in [1.807, 2.05) is 6.92 Å². The summed E-state index contributed by atoms with van der Waals surface area (Å²) in [5.74, 6) is -1.18. The van der Waals surface area contributed by atoms with Crippen LogP contribution >= 0.6 is 11.8 Å². The van der Waals surface area contributed by atoms with Gasteiger partial charge in [0.15, 0.2) is 0 Å². The molecule has 1 heterocycles. The second-order valence-electron chi connectivity index (χ2n) is 3.55. The van der Waals surface area contributed by atoms with E-state index in [2.05, 4.69) is 4.98 Å². The molecule has 0 radical (unpaired) electrons. The zero-order valence-corrected chi connectivity index (χ0v) is 10.9. The van der Waals surface area contributed by atoms with Crippen molar-refractivity contribution in [1.29, 1.82) is 0 Å². The largest absolute Gasteiger partial charge is 0.478 e. The van der Waals surface area contributed by atoms with Crippen LogP contribution in [0.4, 0.5) is 0 Å². The Balaban J connectivity index is 2.41. The van der Waals surface area contributed by atoms with Gasteiger partial charge in [-0.15, -0.1) is 0 Å². The minimum Gasteiger partial charge on any atom is -0.478 e. The maximum atomic E-state index is 11.3. The molecule has 0 unspecified atom stereocenters. The van der Waals surface area contributed by atoms with Gasteiger partial charge in [-0.2, -0.15) is 0 Å².